The van der Waals surface area contributed by atoms with Gasteiger partial charge in [-0.25, -0.2) is 8.42 Å². The summed E-state index contributed by atoms with van der Waals surface area (Å²) in [6.45, 7) is 7.80. The van der Waals surface area contributed by atoms with E-state index < -0.39 is 21.8 Å². The summed E-state index contributed by atoms with van der Waals surface area (Å²) in [5, 5.41) is 12.9. The van der Waals surface area contributed by atoms with Gasteiger partial charge in [0.15, 0.2) is 5.82 Å². The molecule has 11 heteroatoms. The van der Waals surface area contributed by atoms with Crippen molar-refractivity contribution in [2.24, 2.45) is 0 Å². The molecule has 1 aromatic carbocycles. The van der Waals surface area contributed by atoms with Crippen molar-refractivity contribution in [3.8, 4) is 0 Å². The highest BCUT2D eigenvalue weighted by Gasteiger charge is 2.27. The summed E-state index contributed by atoms with van der Waals surface area (Å²) in [4.78, 5) is 24.8. The van der Waals surface area contributed by atoms with E-state index in [1.807, 2.05) is 4.57 Å². The second-order valence-electron chi connectivity index (χ2n) is 7.52. The van der Waals surface area contributed by atoms with E-state index >= 15 is 0 Å². The molecule has 31 heavy (non-hydrogen) atoms. The Morgan fingerprint density at radius 2 is 1.84 bits per heavy atom. The fourth-order valence-electron chi connectivity index (χ4n) is 3.29. The summed E-state index contributed by atoms with van der Waals surface area (Å²) in [5.41, 5.74) is 1.67. The second-order valence-corrected chi connectivity index (χ2v) is 9.46. The van der Waals surface area contributed by atoms with Gasteiger partial charge in [-0.3, -0.25) is 9.59 Å². The van der Waals surface area contributed by atoms with Gasteiger partial charge < -0.3 is 15.2 Å². The zero-order valence-corrected chi connectivity index (χ0v) is 19.0. The maximum atomic E-state index is 12.9. The minimum Gasteiger partial charge on any atom is -0.341 e. The second kappa shape index (κ2) is 9.15. The van der Waals surface area contributed by atoms with E-state index in [1.165, 1.54) is 10.4 Å². The number of aryl methyl sites for hydroxylation is 1. The van der Waals surface area contributed by atoms with Crippen LogP contribution < -0.4 is 10.6 Å². The van der Waals surface area contributed by atoms with Crippen molar-refractivity contribution >= 4 is 27.5 Å². The maximum Gasteiger partial charge on any atom is 0.313 e. The molecular weight excluding hydrogens is 420 g/mol. The van der Waals surface area contributed by atoms with Crippen LogP contribution in [0.1, 0.15) is 49.7 Å². The molecule has 2 aromatic rings. The lowest BCUT2D eigenvalue weighted by Gasteiger charge is -2.20. The fourth-order valence-corrected chi connectivity index (χ4v) is 4.86. The summed E-state index contributed by atoms with van der Waals surface area (Å²) in [6.07, 6.45) is 3.71. The van der Waals surface area contributed by atoms with Gasteiger partial charge >= 0.3 is 11.8 Å². The van der Waals surface area contributed by atoms with Crippen LogP contribution in [0.3, 0.4) is 0 Å². The molecule has 2 amide bonds. The fraction of sp³-hybridized carbons (Fsp3) is 0.500. The van der Waals surface area contributed by atoms with Crippen molar-refractivity contribution in [3.05, 3.63) is 35.4 Å². The van der Waals surface area contributed by atoms with Crippen molar-refractivity contribution in [3.63, 3.8) is 0 Å². The molecule has 3 rings (SSSR count). The lowest BCUT2D eigenvalue weighted by Crippen LogP contribution is -2.36. The van der Waals surface area contributed by atoms with Crippen LogP contribution in [-0.4, -0.2) is 52.4 Å². The molecule has 2 N–H and O–H groups in total. The van der Waals surface area contributed by atoms with Gasteiger partial charge in [0.1, 0.15) is 6.33 Å². The summed E-state index contributed by atoms with van der Waals surface area (Å²) in [7, 11) is -3.70. The molecule has 0 radical (unpaired) electrons. The average Bonchev–Trinajstić information content (AvgIpc) is 3.47. The van der Waals surface area contributed by atoms with Gasteiger partial charge in [-0.1, -0.05) is 13.8 Å². The van der Waals surface area contributed by atoms with E-state index in [0.717, 1.165) is 12.8 Å². The number of carbonyl (C=O) groups excluding carboxylic acids is 2. The first-order valence-corrected chi connectivity index (χ1v) is 11.7. The first kappa shape index (κ1) is 22.9. The van der Waals surface area contributed by atoms with Gasteiger partial charge in [-0.05, 0) is 49.9 Å². The Balaban J connectivity index is 1.73. The molecule has 0 spiro atoms. The van der Waals surface area contributed by atoms with Gasteiger partial charge in [-0.2, -0.15) is 4.31 Å². The number of sulfonamides is 1. The third-order valence-electron chi connectivity index (χ3n) is 5.43. The lowest BCUT2D eigenvalue weighted by atomic mass is 10.1. The third-order valence-corrected chi connectivity index (χ3v) is 7.46. The maximum absolute atomic E-state index is 12.9. The van der Waals surface area contributed by atoms with Crippen molar-refractivity contribution < 1.29 is 18.0 Å². The first-order chi connectivity index (χ1) is 14.7. The number of nitrogens with one attached hydrogen (secondary N) is 2. The smallest absolute Gasteiger partial charge is 0.313 e. The number of rotatable bonds is 8. The van der Waals surface area contributed by atoms with E-state index in [9.17, 15) is 18.0 Å². The Hall–Kier alpha value is -2.79. The molecule has 0 unspecified atom stereocenters. The van der Waals surface area contributed by atoms with Gasteiger partial charge in [0.2, 0.25) is 10.0 Å². The number of hydrogen-bond donors (Lipinski definition) is 2. The van der Waals surface area contributed by atoms with Crippen molar-refractivity contribution in [2.45, 2.75) is 58.0 Å². The van der Waals surface area contributed by atoms with Crippen LogP contribution in [0, 0.1) is 13.8 Å². The molecule has 10 nitrogen and oxygen atoms in total. The van der Waals surface area contributed by atoms with Crippen LogP contribution in [0.25, 0.3) is 0 Å². The molecule has 1 aromatic heterocycles. The number of carbonyl (C=O) groups is 2. The van der Waals surface area contributed by atoms with E-state index in [-0.39, 0.29) is 17.1 Å². The number of nitrogens with zero attached hydrogens (tertiary/aromatic N) is 4. The van der Waals surface area contributed by atoms with Gasteiger partial charge in [-0.15, -0.1) is 10.2 Å². The van der Waals surface area contributed by atoms with Crippen LogP contribution in [0.4, 0.5) is 5.69 Å². The minimum atomic E-state index is -3.70. The normalized spacial score (nSPS) is 14.0. The molecule has 0 bridgehead atoms. The Kier molecular flexibility index (Phi) is 6.75. The topological polar surface area (TPSA) is 126 Å². The van der Waals surface area contributed by atoms with E-state index in [1.54, 1.807) is 40.1 Å². The number of benzene rings is 1. The highest BCUT2D eigenvalue weighted by molar-refractivity contribution is 7.89. The van der Waals surface area contributed by atoms with E-state index in [2.05, 4.69) is 20.8 Å². The van der Waals surface area contributed by atoms with Gasteiger partial charge in [0.05, 0.1) is 11.4 Å². The molecule has 0 saturated heterocycles. The summed E-state index contributed by atoms with van der Waals surface area (Å²) >= 11 is 0. The van der Waals surface area contributed by atoms with Crippen LogP contribution in [0.2, 0.25) is 0 Å². The van der Waals surface area contributed by atoms with Crippen molar-refractivity contribution in [2.75, 3.05) is 18.4 Å². The van der Waals surface area contributed by atoms with Gasteiger partial charge in [0, 0.05) is 24.8 Å². The summed E-state index contributed by atoms with van der Waals surface area (Å²) in [5.74, 6) is -1.13. The number of anilines is 1. The average molecular weight is 449 g/mol. The molecule has 1 aliphatic rings. The Morgan fingerprint density at radius 1 is 1.16 bits per heavy atom. The zero-order valence-electron chi connectivity index (χ0n) is 18.2. The van der Waals surface area contributed by atoms with Crippen LogP contribution >= 0.6 is 0 Å². The molecular formula is C20H28N6O4S. The van der Waals surface area contributed by atoms with Crippen LogP contribution in [-0.2, 0) is 26.2 Å². The lowest BCUT2D eigenvalue weighted by molar-refractivity contribution is -0.136. The quantitative estimate of drug-likeness (QED) is 0.590. The standard InChI is InChI=1S/C20H28N6O4S/c1-5-25(6-2)31(29,30)16-9-13(3)14(4)17(10-16)23-20(28)19(27)21-11-18-24-22-12-26(18)15-7-8-15/h9-10,12,15H,5-8,11H2,1-4H3,(H,21,27)(H,23,28). The number of amides is 2. The molecule has 1 aliphatic carbocycles. The number of hydrogen-bond acceptors (Lipinski definition) is 6. The first-order valence-electron chi connectivity index (χ1n) is 10.3. The Morgan fingerprint density at radius 3 is 2.45 bits per heavy atom. The monoisotopic (exact) mass is 448 g/mol. The highest BCUT2D eigenvalue weighted by atomic mass is 32.2. The molecule has 1 fully saturated rings. The van der Waals surface area contributed by atoms with Crippen LogP contribution in [0.15, 0.2) is 23.4 Å². The minimum absolute atomic E-state index is 0.0764. The predicted octanol–water partition coefficient (Wildman–Crippen LogP) is 1.52. The number of aromatic nitrogens is 3. The Labute approximate surface area is 182 Å². The molecule has 0 atom stereocenters. The molecule has 1 heterocycles. The SMILES string of the molecule is CCN(CC)S(=O)(=O)c1cc(C)c(C)c(NC(=O)C(=O)NCc2nncn2C2CC2)c1. The Bertz CT molecular complexity index is 1090. The molecule has 1 saturated carbocycles. The van der Waals surface area contributed by atoms with E-state index in [0.29, 0.717) is 36.1 Å². The van der Waals surface area contributed by atoms with Crippen LogP contribution in [0.5, 0.6) is 0 Å². The largest absolute Gasteiger partial charge is 0.341 e. The summed E-state index contributed by atoms with van der Waals surface area (Å²) < 4.78 is 29.0. The van der Waals surface area contributed by atoms with Crippen molar-refractivity contribution in [1.29, 1.82) is 0 Å². The highest BCUT2D eigenvalue weighted by Crippen LogP contribution is 2.35. The summed E-state index contributed by atoms with van der Waals surface area (Å²) in [6, 6.07) is 3.32. The van der Waals surface area contributed by atoms with E-state index in [4.69, 9.17) is 0 Å². The van der Waals surface area contributed by atoms with Crippen molar-refractivity contribution in [1.82, 2.24) is 24.4 Å². The van der Waals surface area contributed by atoms with Gasteiger partial charge in [0.25, 0.3) is 0 Å². The molecule has 0 aliphatic heterocycles. The predicted molar refractivity (Wildman–Crippen MR) is 115 cm³/mol. The molecule has 168 valence electrons. The third kappa shape index (κ3) is 4.93. The zero-order chi connectivity index (χ0) is 22.8.